The maximum atomic E-state index is 12.3. The monoisotopic (exact) mass is 428 g/mol. The van der Waals surface area contributed by atoms with Crippen molar-refractivity contribution in [2.45, 2.75) is 45.3 Å². The number of carbonyl (C=O) groups excluding carboxylic acids is 1. The van der Waals surface area contributed by atoms with Crippen LogP contribution in [0.5, 0.6) is 0 Å². The Labute approximate surface area is 180 Å². The number of benzene rings is 2. The fourth-order valence-corrected chi connectivity index (χ4v) is 3.88. The van der Waals surface area contributed by atoms with Gasteiger partial charge in [-0.3, -0.25) is 9.36 Å². The number of hydrogen-bond acceptors (Lipinski definition) is 4. The molecule has 1 heterocycles. The van der Waals surface area contributed by atoms with Gasteiger partial charge in [0.15, 0.2) is 11.0 Å². The molecule has 3 aromatic rings. The van der Waals surface area contributed by atoms with Gasteiger partial charge in [0.1, 0.15) is 0 Å². The van der Waals surface area contributed by atoms with Crippen LogP contribution in [0, 0.1) is 13.8 Å². The molecule has 0 radical (unpaired) electrons. The van der Waals surface area contributed by atoms with Crippen LogP contribution in [0.4, 0.5) is 0 Å². The second-order valence-corrected chi connectivity index (χ2v) is 8.43. The zero-order chi connectivity index (χ0) is 21.0. The summed E-state index contributed by atoms with van der Waals surface area (Å²) in [5.74, 6) is 0.920. The number of thioether (sulfide) groups is 1. The summed E-state index contributed by atoms with van der Waals surface area (Å²) in [6.07, 6.45) is 0.895. The predicted octanol–water partition coefficient (Wildman–Crippen LogP) is 5.21. The van der Waals surface area contributed by atoms with E-state index in [0.717, 1.165) is 28.8 Å². The number of nitrogens with zero attached hydrogens (tertiary/aromatic N) is 3. The van der Waals surface area contributed by atoms with E-state index in [-0.39, 0.29) is 17.7 Å². The molecule has 1 atom stereocenters. The number of nitrogens with one attached hydrogen (secondary N) is 1. The molecule has 152 valence electrons. The lowest BCUT2D eigenvalue weighted by atomic mass is 10.1. The summed E-state index contributed by atoms with van der Waals surface area (Å²) in [6, 6.07) is 14.0. The molecule has 0 aliphatic rings. The predicted molar refractivity (Wildman–Crippen MR) is 120 cm³/mol. The van der Waals surface area contributed by atoms with Crippen LogP contribution in [0.25, 0.3) is 17.1 Å². The molecule has 3 rings (SSSR count). The fraction of sp³-hybridized carbons (Fsp3) is 0.318. The van der Waals surface area contributed by atoms with Crippen molar-refractivity contribution in [3.8, 4) is 17.1 Å². The Bertz CT molecular complexity index is 1020. The SMILES string of the molecule is CCC(C)NC(=O)CSc1nnc(-c2ccccc2Cl)n1-c1cc(C)ccc1C. The van der Waals surface area contributed by atoms with E-state index in [2.05, 4.69) is 47.6 Å². The summed E-state index contributed by atoms with van der Waals surface area (Å²) in [5, 5.41) is 13.1. The Balaban J connectivity index is 2.02. The molecule has 0 saturated carbocycles. The molecule has 0 aliphatic heterocycles. The van der Waals surface area contributed by atoms with Crippen LogP contribution >= 0.6 is 23.4 Å². The number of rotatable bonds is 7. The first-order chi connectivity index (χ1) is 13.9. The van der Waals surface area contributed by atoms with Gasteiger partial charge in [0.05, 0.1) is 16.5 Å². The van der Waals surface area contributed by atoms with Gasteiger partial charge in [-0.2, -0.15) is 0 Å². The smallest absolute Gasteiger partial charge is 0.230 e. The Kier molecular flexibility index (Phi) is 6.98. The quantitative estimate of drug-likeness (QED) is 0.524. The lowest BCUT2D eigenvalue weighted by Gasteiger charge is -2.15. The van der Waals surface area contributed by atoms with Crippen LogP contribution in [-0.4, -0.2) is 32.5 Å². The van der Waals surface area contributed by atoms with Gasteiger partial charge in [0, 0.05) is 11.6 Å². The molecular formula is C22H25ClN4OS. The van der Waals surface area contributed by atoms with E-state index in [0.29, 0.717) is 16.0 Å². The average Bonchev–Trinajstić information content (AvgIpc) is 3.12. The van der Waals surface area contributed by atoms with E-state index >= 15 is 0 Å². The zero-order valence-electron chi connectivity index (χ0n) is 17.1. The van der Waals surface area contributed by atoms with Gasteiger partial charge in [-0.05, 0) is 56.5 Å². The Hall–Kier alpha value is -2.31. The van der Waals surface area contributed by atoms with Crippen molar-refractivity contribution < 1.29 is 4.79 Å². The fourth-order valence-electron chi connectivity index (χ4n) is 2.91. The van der Waals surface area contributed by atoms with Gasteiger partial charge in [0.25, 0.3) is 0 Å². The van der Waals surface area contributed by atoms with Crippen molar-refractivity contribution in [2.75, 3.05) is 5.75 Å². The van der Waals surface area contributed by atoms with E-state index in [1.54, 1.807) is 0 Å². The summed E-state index contributed by atoms with van der Waals surface area (Å²) < 4.78 is 1.99. The number of halogens is 1. The highest BCUT2D eigenvalue weighted by atomic mass is 35.5. The summed E-state index contributed by atoms with van der Waals surface area (Å²) in [6.45, 7) is 8.14. The van der Waals surface area contributed by atoms with Crippen LogP contribution in [-0.2, 0) is 4.79 Å². The first-order valence-electron chi connectivity index (χ1n) is 9.60. The molecule has 2 aromatic carbocycles. The third-order valence-corrected chi connectivity index (χ3v) is 5.96. The van der Waals surface area contributed by atoms with Gasteiger partial charge in [-0.25, -0.2) is 0 Å². The van der Waals surface area contributed by atoms with Gasteiger partial charge in [-0.1, -0.05) is 54.6 Å². The Morgan fingerprint density at radius 2 is 1.97 bits per heavy atom. The summed E-state index contributed by atoms with van der Waals surface area (Å²) >= 11 is 7.82. The van der Waals surface area contributed by atoms with Crippen LogP contribution in [0.2, 0.25) is 5.02 Å². The third kappa shape index (κ3) is 5.00. The van der Waals surface area contributed by atoms with Gasteiger partial charge in [0.2, 0.25) is 5.91 Å². The van der Waals surface area contributed by atoms with Crippen LogP contribution in [0.3, 0.4) is 0 Å². The van der Waals surface area contributed by atoms with E-state index in [1.165, 1.54) is 11.8 Å². The van der Waals surface area contributed by atoms with Gasteiger partial charge in [-0.15, -0.1) is 10.2 Å². The number of aryl methyl sites for hydroxylation is 2. The highest BCUT2D eigenvalue weighted by Crippen LogP contribution is 2.33. The molecule has 29 heavy (non-hydrogen) atoms. The molecule has 0 saturated heterocycles. The second-order valence-electron chi connectivity index (χ2n) is 7.08. The standard InChI is InChI=1S/C22H25ClN4OS/c1-5-16(4)24-20(28)13-29-22-26-25-21(17-8-6-7-9-18(17)23)27(22)19-12-14(2)10-11-15(19)3/h6-12,16H,5,13H2,1-4H3,(H,24,28). The van der Waals surface area contributed by atoms with E-state index in [9.17, 15) is 4.79 Å². The Morgan fingerprint density at radius 3 is 2.69 bits per heavy atom. The van der Waals surface area contributed by atoms with Crippen molar-refractivity contribution in [1.82, 2.24) is 20.1 Å². The minimum atomic E-state index is -0.0147. The van der Waals surface area contributed by atoms with E-state index < -0.39 is 0 Å². The number of hydrogen-bond donors (Lipinski definition) is 1. The molecule has 5 nitrogen and oxygen atoms in total. The molecule has 0 aliphatic carbocycles. The topological polar surface area (TPSA) is 59.8 Å². The van der Waals surface area contributed by atoms with E-state index in [1.807, 2.05) is 42.7 Å². The Morgan fingerprint density at radius 1 is 1.21 bits per heavy atom. The maximum absolute atomic E-state index is 12.3. The molecule has 0 spiro atoms. The van der Waals surface area contributed by atoms with Crippen LogP contribution in [0.1, 0.15) is 31.4 Å². The highest BCUT2D eigenvalue weighted by molar-refractivity contribution is 7.99. The molecular weight excluding hydrogens is 404 g/mol. The third-order valence-electron chi connectivity index (χ3n) is 4.71. The molecule has 1 amide bonds. The van der Waals surface area contributed by atoms with Crippen molar-refractivity contribution in [3.05, 3.63) is 58.6 Å². The summed E-state index contributed by atoms with van der Waals surface area (Å²) in [5.41, 5.74) is 4.01. The summed E-state index contributed by atoms with van der Waals surface area (Å²) in [7, 11) is 0. The highest BCUT2D eigenvalue weighted by Gasteiger charge is 2.20. The minimum Gasteiger partial charge on any atom is -0.353 e. The molecule has 0 fully saturated rings. The van der Waals surface area contributed by atoms with Crippen molar-refractivity contribution >= 4 is 29.3 Å². The molecule has 1 unspecified atom stereocenters. The van der Waals surface area contributed by atoms with Gasteiger partial charge < -0.3 is 5.32 Å². The van der Waals surface area contributed by atoms with E-state index in [4.69, 9.17) is 11.6 Å². The maximum Gasteiger partial charge on any atom is 0.230 e. The average molecular weight is 429 g/mol. The molecule has 1 N–H and O–H groups in total. The van der Waals surface area contributed by atoms with Crippen molar-refractivity contribution in [2.24, 2.45) is 0 Å². The largest absolute Gasteiger partial charge is 0.353 e. The summed E-state index contributed by atoms with van der Waals surface area (Å²) in [4.78, 5) is 12.3. The normalized spacial score (nSPS) is 12.0. The number of carbonyl (C=O) groups is 1. The van der Waals surface area contributed by atoms with Crippen LogP contribution in [0.15, 0.2) is 47.6 Å². The first-order valence-corrected chi connectivity index (χ1v) is 11.0. The molecule has 1 aromatic heterocycles. The molecule has 0 bridgehead atoms. The molecule has 7 heteroatoms. The minimum absolute atomic E-state index is 0.0147. The van der Waals surface area contributed by atoms with Crippen LogP contribution < -0.4 is 5.32 Å². The van der Waals surface area contributed by atoms with Gasteiger partial charge >= 0.3 is 0 Å². The lowest BCUT2D eigenvalue weighted by Crippen LogP contribution is -2.33. The van der Waals surface area contributed by atoms with Crippen molar-refractivity contribution in [1.29, 1.82) is 0 Å². The lowest BCUT2D eigenvalue weighted by molar-refractivity contribution is -0.119. The number of amides is 1. The number of aromatic nitrogens is 3. The first kappa shape index (κ1) is 21.4. The zero-order valence-corrected chi connectivity index (χ0v) is 18.6. The second kappa shape index (κ2) is 9.46. The van der Waals surface area contributed by atoms with Crippen molar-refractivity contribution in [3.63, 3.8) is 0 Å².